The monoisotopic (exact) mass is 203 g/mol. The molecule has 1 heteroatoms. The lowest BCUT2D eigenvalue weighted by Gasteiger charge is -2.09. The van der Waals surface area contributed by atoms with Gasteiger partial charge in [-0.2, -0.15) is 0 Å². The van der Waals surface area contributed by atoms with Gasteiger partial charge in [0.15, 0.2) is 0 Å². The van der Waals surface area contributed by atoms with Gasteiger partial charge in [-0.25, -0.2) is 0 Å². The largest absolute Gasteiger partial charge is 0.385 e. The van der Waals surface area contributed by atoms with Crippen LogP contribution in [0.5, 0.6) is 0 Å². The maximum Gasteiger partial charge on any atom is 0.0340 e. The van der Waals surface area contributed by atoms with E-state index in [9.17, 15) is 0 Å². The first-order chi connectivity index (χ1) is 7.45. The fraction of sp³-hybridized carbons (Fsp3) is 0.571. The van der Waals surface area contributed by atoms with Crippen LogP contribution in [-0.4, -0.2) is 6.54 Å². The lowest BCUT2D eigenvalue weighted by atomic mass is 10.0. The molecule has 0 atom stereocenters. The highest BCUT2D eigenvalue weighted by Gasteiger charge is 2.13. The van der Waals surface area contributed by atoms with Crippen molar-refractivity contribution in [2.24, 2.45) is 5.92 Å². The SMILES string of the molecule is c1ccc(NCCCC2CCCC2)cc1. The average Bonchev–Trinajstić information content (AvgIpc) is 2.79. The maximum absolute atomic E-state index is 3.47. The summed E-state index contributed by atoms with van der Waals surface area (Å²) in [4.78, 5) is 0. The van der Waals surface area contributed by atoms with E-state index >= 15 is 0 Å². The van der Waals surface area contributed by atoms with Gasteiger partial charge in [-0.3, -0.25) is 0 Å². The van der Waals surface area contributed by atoms with Crippen LogP contribution in [0.1, 0.15) is 38.5 Å². The number of rotatable bonds is 5. The quantitative estimate of drug-likeness (QED) is 0.711. The van der Waals surface area contributed by atoms with Gasteiger partial charge in [-0.1, -0.05) is 43.9 Å². The first-order valence-corrected chi connectivity index (χ1v) is 6.24. The summed E-state index contributed by atoms with van der Waals surface area (Å²) in [5, 5.41) is 3.47. The Morgan fingerprint density at radius 3 is 2.53 bits per heavy atom. The van der Waals surface area contributed by atoms with E-state index in [0.29, 0.717) is 0 Å². The summed E-state index contributed by atoms with van der Waals surface area (Å²) in [7, 11) is 0. The third-order valence-corrected chi connectivity index (χ3v) is 3.37. The highest BCUT2D eigenvalue weighted by Crippen LogP contribution is 2.28. The van der Waals surface area contributed by atoms with Crippen LogP contribution < -0.4 is 5.32 Å². The second-order valence-corrected chi connectivity index (χ2v) is 4.59. The molecule has 1 nitrogen and oxygen atoms in total. The van der Waals surface area contributed by atoms with Gasteiger partial charge in [-0.15, -0.1) is 0 Å². The average molecular weight is 203 g/mol. The van der Waals surface area contributed by atoms with Crippen molar-refractivity contribution in [2.75, 3.05) is 11.9 Å². The Kier molecular flexibility index (Phi) is 4.07. The zero-order valence-electron chi connectivity index (χ0n) is 9.41. The van der Waals surface area contributed by atoms with Crippen molar-refractivity contribution < 1.29 is 0 Å². The molecule has 0 aliphatic heterocycles. The van der Waals surface area contributed by atoms with Crippen LogP contribution in [0.2, 0.25) is 0 Å². The fourth-order valence-corrected chi connectivity index (χ4v) is 2.48. The van der Waals surface area contributed by atoms with Crippen LogP contribution in [-0.2, 0) is 0 Å². The molecule has 0 spiro atoms. The highest BCUT2D eigenvalue weighted by molar-refractivity contribution is 5.42. The van der Waals surface area contributed by atoms with Crippen molar-refractivity contribution in [2.45, 2.75) is 38.5 Å². The molecule has 0 bridgehead atoms. The second kappa shape index (κ2) is 5.79. The van der Waals surface area contributed by atoms with Crippen molar-refractivity contribution in [3.05, 3.63) is 30.3 Å². The molecule has 2 rings (SSSR count). The van der Waals surface area contributed by atoms with Crippen LogP contribution in [0, 0.1) is 5.92 Å². The first-order valence-electron chi connectivity index (χ1n) is 6.24. The van der Waals surface area contributed by atoms with E-state index in [1.807, 2.05) is 0 Å². The van der Waals surface area contributed by atoms with Gasteiger partial charge in [0.25, 0.3) is 0 Å². The molecule has 1 fully saturated rings. The first kappa shape index (κ1) is 10.5. The Bertz CT molecular complexity index is 262. The van der Waals surface area contributed by atoms with Crippen LogP contribution in [0.15, 0.2) is 30.3 Å². The predicted molar refractivity (Wildman–Crippen MR) is 66.1 cm³/mol. The van der Waals surface area contributed by atoms with E-state index in [1.165, 1.54) is 44.2 Å². The molecule has 0 heterocycles. The third-order valence-electron chi connectivity index (χ3n) is 3.37. The summed E-state index contributed by atoms with van der Waals surface area (Å²) in [5.41, 5.74) is 1.25. The molecule has 1 aromatic rings. The minimum Gasteiger partial charge on any atom is -0.385 e. The topological polar surface area (TPSA) is 12.0 Å². The summed E-state index contributed by atoms with van der Waals surface area (Å²) < 4.78 is 0. The molecule has 82 valence electrons. The van der Waals surface area contributed by atoms with Gasteiger partial charge in [-0.05, 0) is 30.9 Å². The highest BCUT2D eigenvalue weighted by atomic mass is 14.9. The van der Waals surface area contributed by atoms with Crippen molar-refractivity contribution in [3.8, 4) is 0 Å². The van der Waals surface area contributed by atoms with Gasteiger partial charge < -0.3 is 5.32 Å². The van der Waals surface area contributed by atoms with Crippen LogP contribution in [0.4, 0.5) is 5.69 Å². The minimum absolute atomic E-state index is 1.03. The summed E-state index contributed by atoms with van der Waals surface area (Å²) in [6.07, 6.45) is 8.63. The van der Waals surface area contributed by atoms with Gasteiger partial charge >= 0.3 is 0 Å². The van der Waals surface area contributed by atoms with Gasteiger partial charge in [0.05, 0.1) is 0 Å². The summed E-state index contributed by atoms with van der Waals surface area (Å²) >= 11 is 0. The number of para-hydroxylation sites is 1. The van der Waals surface area contributed by atoms with Gasteiger partial charge in [0.2, 0.25) is 0 Å². The predicted octanol–water partition coefficient (Wildman–Crippen LogP) is 4.07. The second-order valence-electron chi connectivity index (χ2n) is 4.59. The normalized spacial score (nSPS) is 16.8. The molecule has 0 aromatic heterocycles. The number of hydrogen-bond donors (Lipinski definition) is 1. The smallest absolute Gasteiger partial charge is 0.0340 e. The molecule has 0 unspecified atom stereocenters. The summed E-state index contributed by atoms with van der Waals surface area (Å²) in [5.74, 6) is 1.03. The maximum atomic E-state index is 3.47. The Hall–Kier alpha value is -0.980. The van der Waals surface area contributed by atoms with Crippen molar-refractivity contribution in [3.63, 3.8) is 0 Å². The standard InChI is InChI=1S/C14H21N/c1-2-10-14(11-3-1)15-12-6-9-13-7-4-5-8-13/h1-3,10-11,13,15H,4-9,12H2. The van der Waals surface area contributed by atoms with E-state index < -0.39 is 0 Å². The van der Waals surface area contributed by atoms with Crippen LogP contribution >= 0.6 is 0 Å². The van der Waals surface area contributed by atoms with E-state index in [2.05, 4.69) is 35.6 Å². The van der Waals surface area contributed by atoms with Crippen molar-refractivity contribution in [1.82, 2.24) is 0 Å². The summed E-state index contributed by atoms with van der Waals surface area (Å²) in [6.45, 7) is 1.13. The molecule has 1 N–H and O–H groups in total. The lowest BCUT2D eigenvalue weighted by Crippen LogP contribution is -2.03. The van der Waals surface area contributed by atoms with Gasteiger partial charge in [0, 0.05) is 12.2 Å². The molecule has 1 aromatic carbocycles. The van der Waals surface area contributed by atoms with Gasteiger partial charge in [0.1, 0.15) is 0 Å². The molecule has 0 radical (unpaired) electrons. The Labute approximate surface area is 92.9 Å². The van der Waals surface area contributed by atoms with Crippen LogP contribution in [0.25, 0.3) is 0 Å². The van der Waals surface area contributed by atoms with E-state index in [4.69, 9.17) is 0 Å². The van der Waals surface area contributed by atoms with Crippen molar-refractivity contribution >= 4 is 5.69 Å². The minimum atomic E-state index is 1.03. The molecule has 1 saturated carbocycles. The number of nitrogens with one attached hydrogen (secondary N) is 1. The van der Waals surface area contributed by atoms with E-state index in [-0.39, 0.29) is 0 Å². The molecule has 0 amide bonds. The number of anilines is 1. The molecule has 1 aliphatic carbocycles. The van der Waals surface area contributed by atoms with Crippen molar-refractivity contribution in [1.29, 1.82) is 0 Å². The number of hydrogen-bond acceptors (Lipinski definition) is 1. The Morgan fingerprint density at radius 2 is 1.80 bits per heavy atom. The van der Waals surface area contributed by atoms with E-state index in [0.717, 1.165) is 12.5 Å². The Morgan fingerprint density at radius 1 is 1.07 bits per heavy atom. The summed E-state index contributed by atoms with van der Waals surface area (Å²) in [6, 6.07) is 10.5. The lowest BCUT2D eigenvalue weighted by molar-refractivity contribution is 0.491. The Balaban J connectivity index is 1.59. The zero-order valence-corrected chi connectivity index (χ0v) is 9.41. The third kappa shape index (κ3) is 3.58. The molecule has 15 heavy (non-hydrogen) atoms. The molecular formula is C14H21N. The van der Waals surface area contributed by atoms with Crippen LogP contribution in [0.3, 0.4) is 0 Å². The molecule has 0 saturated heterocycles. The zero-order chi connectivity index (χ0) is 10.3. The number of benzene rings is 1. The van der Waals surface area contributed by atoms with E-state index in [1.54, 1.807) is 0 Å². The fourth-order valence-electron chi connectivity index (χ4n) is 2.48. The molecule has 1 aliphatic rings. The molecular weight excluding hydrogens is 182 g/mol.